The Bertz CT molecular complexity index is 745. The summed E-state index contributed by atoms with van der Waals surface area (Å²) in [4.78, 5) is 11.8. The van der Waals surface area contributed by atoms with Crippen molar-refractivity contribution in [3.8, 4) is 0 Å². The van der Waals surface area contributed by atoms with Gasteiger partial charge in [0.2, 0.25) is 5.91 Å². The number of hydrogen-bond donors (Lipinski definition) is 1. The van der Waals surface area contributed by atoms with Crippen molar-refractivity contribution < 1.29 is 13.2 Å². The van der Waals surface area contributed by atoms with Gasteiger partial charge in [-0.15, -0.1) is 0 Å². The van der Waals surface area contributed by atoms with Crippen LogP contribution in [0.5, 0.6) is 0 Å². The highest BCUT2D eigenvalue weighted by Gasteiger charge is 2.24. The van der Waals surface area contributed by atoms with Gasteiger partial charge in [-0.1, -0.05) is 26.8 Å². The van der Waals surface area contributed by atoms with Crippen molar-refractivity contribution in [2.24, 2.45) is 5.41 Å². The van der Waals surface area contributed by atoms with E-state index in [1.807, 2.05) is 20.8 Å². The summed E-state index contributed by atoms with van der Waals surface area (Å²) >= 11 is 0.935. The van der Waals surface area contributed by atoms with E-state index in [0.29, 0.717) is 5.52 Å². The van der Waals surface area contributed by atoms with Crippen LogP contribution in [0.15, 0.2) is 23.1 Å². The van der Waals surface area contributed by atoms with Gasteiger partial charge in [0, 0.05) is 6.42 Å². The first-order chi connectivity index (χ1) is 9.19. The van der Waals surface area contributed by atoms with E-state index in [1.165, 1.54) is 6.07 Å². The normalized spacial score (nSPS) is 12.6. The minimum atomic E-state index is -3.92. The first kappa shape index (κ1) is 14.9. The molecule has 1 heterocycles. The number of benzene rings is 1. The molecular formula is C12H15N3O3S2. The molecule has 0 atom stereocenters. The maximum absolute atomic E-state index is 12.2. The number of aromatic nitrogens is 2. The molecule has 1 amide bonds. The topological polar surface area (TPSA) is 89.0 Å². The molecule has 0 radical (unpaired) electrons. The highest BCUT2D eigenvalue weighted by atomic mass is 32.2. The molecule has 0 fully saturated rings. The molecular weight excluding hydrogens is 298 g/mol. The Morgan fingerprint density at radius 1 is 1.30 bits per heavy atom. The van der Waals surface area contributed by atoms with Gasteiger partial charge in [0.05, 0.1) is 11.7 Å². The van der Waals surface area contributed by atoms with Crippen LogP contribution in [-0.4, -0.2) is 23.1 Å². The van der Waals surface area contributed by atoms with Gasteiger partial charge in [0.15, 0.2) is 0 Å². The average molecular weight is 313 g/mol. The van der Waals surface area contributed by atoms with Crippen molar-refractivity contribution in [3.05, 3.63) is 18.2 Å². The Labute approximate surface area is 121 Å². The molecule has 108 valence electrons. The fraction of sp³-hybridized carbons (Fsp3) is 0.417. The number of fused-ring (bicyclic) bond motifs is 1. The zero-order valence-corrected chi connectivity index (χ0v) is 13.0. The fourth-order valence-electron chi connectivity index (χ4n) is 1.72. The van der Waals surface area contributed by atoms with Crippen LogP contribution in [0.3, 0.4) is 0 Å². The van der Waals surface area contributed by atoms with Crippen molar-refractivity contribution in [1.29, 1.82) is 0 Å². The van der Waals surface area contributed by atoms with E-state index in [4.69, 9.17) is 0 Å². The van der Waals surface area contributed by atoms with Gasteiger partial charge in [0.25, 0.3) is 10.0 Å². The van der Waals surface area contributed by atoms with Crippen LogP contribution in [0, 0.1) is 5.41 Å². The number of hydrogen-bond acceptors (Lipinski definition) is 6. The molecule has 0 aliphatic heterocycles. The van der Waals surface area contributed by atoms with Crippen LogP contribution in [0.1, 0.15) is 27.2 Å². The quantitative estimate of drug-likeness (QED) is 0.935. The maximum atomic E-state index is 12.2. The highest BCUT2D eigenvalue weighted by molar-refractivity contribution is 7.90. The van der Waals surface area contributed by atoms with Crippen LogP contribution < -0.4 is 4.72 Å². The third kappa shape index (κ3) is 3.31. The molecule has 0 saturated heterocycles. The van der Waals surface area contributed by atoms with E-state index in [0.717, 1.165) is 11.7 Å². The molecule has 6 nitrogen and oxygen atoms in total. The maximum Gasteiger partial charge on any atom is 0.266 e. The van der Waals surface area contributed by atoms with Gasteiger partial charge in [-0.05, 0) is 17.5 Å². The molecule has 0 saturated carbocycles. The monoisotopic (exact) mass is 313 g/mol. The molecule has 1 aromatic carbocycles. The van der Waals surface area contributed by atoms with Crippen molar-refractivity contribution in [1.82, 2.24) is 13.5 Å². The van der Waals surface area contributed by atoms with Crippen LogP contribution in [-0.2, 0) is 14.8 Å². The molecule has 8 heteroatoms. The van der Waals surface area contributed by atoms with Crippen LogP contribution in [0.2, 0.25) is 0 Å². The number of amides is 1. The van der Waals surface area contributed by atoms with Gasteiger partial charge in [-0.25, -0.2) is 13.1 Å². The lowest BCUT2D eigenvalue weighted by Crippen LogP contribution is -2.33. The van der Waals surface area contributed by atoms with Crippen molar-refractivity contribution in [2.75, 3.05) is 0 Å². The predicted molar refractivity (Wildman–Crippen MR) is 76.8 cm³/mol. The zero-order valence-electron chi connectivity index (χ0n) is 11.4. The standard InChI is InChI=1S/C12H15N3O3S2/c1-12(2,3)7-10(16)15-20(17,18)9-6-4-5-8-11(9)14-19-13-8/h4-6H,7H2,1-3H3,(H,15,16). The number of carbonyl (C=O) groups excluding carboxylic acids is 1. The summed E-state index contributed by atoms with van der Waals surface area (Å²) in [6.07, 6.45) is 0.123. The van der Waals surface area contributed by atoms with Crippen LogP contribution >= 0.6 is 11.7 Å². The smallest absolute Gasteiger partial charge is 0.266 e. The van der Waals surface area contributed by atoms with Crippen molar-refractivity contribution in [2.45, 2.75) is 32.1 Å². The summed E-state index contributed by atoms with van der Waals surface area (Å²) in [7, 11) is -3.92. The van der Waals surface area contributed by atoms with Gasteiger partial charge in [0.1, 0.15) is 15.9 Å². The molecule has 0 unspecified atom stereocenters. The first-order valence-corrected chi connectivity index (χ1v) is 8.17. The Balaban J connectivity index is 2.32. The summed E-state index contributed by atoms with van der Waals surface area (Å²) in [6, 6.07) is 4.66. The Kier molecular flexibility index (Phi) is 3.79. The minimum Gasteiger partial charge on any atom is -0.274 e. The summed E-state index contributed by atoms with van der Waals surface area (Å²) < 4.78 is 34.5. The van der Waals surface area contributed by atoms with Crippen LogP contribution in [0.4, 0.5) is 0 Å². The minimum absolute atomic E-state index is 0.0222. The number of nitrogens with zero attached hydrogens (tertiary/aromatic N) is 2. The van der Waals surface area contributed by atoms with E-state index in [9.17, 15) is 13.2 Å². The Morgan fingerprint density at radius 2 is 2.00 bits per heavy atom. The summed E-state index contributed by atoms with van der Waals surface area (Å²) in [6.45, 7) is 5.60. The molecule has 0 bridgehead atoms. The van der Waals surface area contributed by atoms with E-state index in [1.54, 1.807) is 12.1 Å². The Hall–Kier alpha value is -1.54. The highest BCUT2D eigenvalue weighted by Crippen LogP contribution is 2.22. The molecule has 0 spiro atoms. The number of carbonyl (C=O) groups is 1. The lowest BCUT2D eigenvalue weighted by atomic mass is 9.92. The summed E-state index contributed by atoms with van der Waals surface area (Å²) in [5.41, 5.74) is 0.503. The zero-order chi connectivity index (χ0) is 15.0. The largest absolute Gasteiger partial charge is 0.274 e. The van der Waals surface area contributed by atoms with Crippen molar-refractivity contribution >= 4 is 38.7 Å². The third-order valence-corrected chi connectivity index (χ3v) is 4.43. The predicted octanol–water partition coefficient (Wildman–Crippen LogP) is 1.93. The molecule has 0 aliphatic carbocycles. The first-order valence-electron chi connectivity index (χ1n) is 5.96. The third-order valence-electron chi connectivity index (χ3n) is 2.48. The molecule has 1 aromatic heterocycles. The molecule has 0 aliphatic rings. The lowest BCUT2D eigenvalue weighted by Gasteiger charge is -2.17. The van der Waals surface area contributed by atoms with Gasteiger partial charge in [-0.2, -0.15) is 8.75 Å². The Morgan fingerprint density at radius 3 is 2.65 bits per heavy atom. The lowest BCUT2D eigenvalue weighted by molar-refractivity contribution is -0.121. The van der Waals surface area contributed by atoms with Gasteiger partial charge >= 0.3 is 0 Å². The van der Waals surface area contributed by atoms with Gasteiger partial charge < -0.3 is 0 Å². The number of nitrogens with one attached hydrogen (secondary N) is 1. The second-order valence-electron chi connectivity index (χ2n) is 5.65. The summed E-state index contributed by atoms with van der Waals surface area (Å²) in [5, 5.41) is 0. The fourth-order valence-corrected chi connectivity index (χ4v) is 3.47. The second kappa shape index (κ2) is 5.10. The van der Waals surface area contributed by atoms with Crippen molar-refractivity contribution in [3.63, 3.8) is 0 Å². The molecule has 2 aromatic rings. The molecule has 2 rings (SSSR count). The van der Waals surface area contributed by atoms with E-state index in [-0.39, 0.29) is 22.2 Å². The van der Waals surface area contributed by atoms with E-state index >= 15 is 0 Å². The van der Waals surface area contributed by atoms with Crippen LogP contribution in [0.25, 0.3) is 11.0 Å². The second-order valence-corrected chi connectivity index (χ2v) is 7.83. The number of rotatable bonds is 3. The van der Waals surface area contributed by atoms with E-state index < -0.39 is 15.9 Å². The summed E-state index contributed by atoms with van der Waals surface area (Å²) in [5.74, 6) is -0.530. The SMILES string of the molecule is CC(C)(C)CC(=O)NS(=O)(=O)c1cccc2nsnc12. The molecule has 1 N–H and O–H groups in total. The number of sulfonamides is 1. The molecule has 20 heavy (non-hydrogen) atoms. The van der Waals surface area contributed by atoms with E-state index in [2.05, 4.69) is 13.5 Å². The van der Waals surface area contributed by atoms with Gasteiger partial charge in [-0.3, -0.25) is 4.79 Å². The average Bonchev–Trinajstić information content (AvgIpc) is 2.72.